The first-order valence-electron chi connectivity index (χ1n) is 19.1. The molecule has 3 heteroatoms. The minimum Gasteiger partial charge on any atom is -0.375 e. The molecule has 0 amide bonds. The van der Waals surface area contributed by atoms with Gasteiger partial charge >= 0.3 is 0 Å². The van der Waals surface area contributed by atoms with Gasteiger partial charge in [-0.2, -0.15) is 0 Å². The van der Waals surface area contributed by atoms with Gasteiger partial charge in [0, 0.05) is 0 Å². The van der Waals surface area contributed by atoms with Crippen molar-refractivity contribution in [3.63, 3.8) is 0 Å². The molecule has 6 unspecified atom stereocenters. The van der Waals surface area contributed by atoms with Crippen molar-refractivity contribution in [1.29, 1.82) is 0 Å². The maximum atomic E-state index is 7.00. The minimum atomic E-state index is 0.415. The van der Waals surface area contributed by atoms with E-state index in [1.807, 2.05) is 0 Å². The Bertz CT molecular complexity index is 506. The van der Waals surface area contributed by atoms with Crippen LogP contribution in [-0.2, 0) is 14.2 Å². The molecule has 41 heavy (non-hydrogen) atoms. The SMILES string of the molecule is CCCCCCCCCCCCC(CCC1CC(C)O1)OC(CCCCCCCCCCCC)CCC1CC(C)O1. The van der Waals surface area contributed by atoms with Crippen molar-refractivity contribution < 1.29 is 14.2 Å². The first-order valence-corrected chi connectivity index (χ1v) is 19.1. The van der Waals surface area contributed by atoms with Crippen LogP contribution in [0, 0.1) is 0 Å². The third-order valence-electron chi connectivity index (χ3n) is 9.80. The van der Waals surface area contributed by atoms with Crippen LogP contribution in [-0.4, -0.2) is 36.6 Å². The second-order valence-electron chi connectivity index (χ2n) is 14.1. The second-order valence-corrected chi connectivity index (χ2v) is 14.1. The molecule has 0 radical (unpaired) electrons. The van der Waals surface area contributed by atoms with E-state index >= 15 is 0 Å². The third-order valence-corrected chi connectivity index (χ3v) is 9.80. The van der Waals surface area contributed by atoms with E-state index < -0.39 is 0 Å². The highest BCUT2D eigenvalue weighted by Crippen LogP contribution is 2.29. The summed E-state index contributed by atoms with van der Waals surface area (Å²) < 4.78 is 19.0. The van der Waals surface area contributed by atoms with Gasteiger partial charge in [0.15, 0.2) is 0 Å². The van der Waals surface area contributed by atoms with Gasteiger partial charge in [-0.3, -0.25) is 0 Å². The molecular weight excluding hydrogens is 504 g/mol. The third kappa shape index (κ3) is 19.7. The van der Waals surface area contributed by atoms with Crippen LogP contribution in [0.1, 0.15) is 207 Å². The Hall–Kier alpha value is -0.120. The zero-order valence-electron chi connectivity index (χ0n) is 28.5. The fourth-order valence-corrected chi connectivity index (χ4v) is 7.04. The summed E-state index contributed by atoms with van der Waals surface area (Å²) in [5.41, 5.74) is 0. The van der Waals surface area contributed by atoms with Gasteiger partial charge in [0.25, 0.3) is 0 Å². The Balaban J connectivity index is 1.69. The minimum absolute atomic E-state index is 0.415. The largest absolute Gasteiger partial charge is 0.375 e. The number of rotatable bonds is 30. The molecule has 0 aromatic rings. The van der Waals surface area contributed by atoms with Crippen LogP contribution < -0.4 is 0 Å². The van der Waals surface area contributed by atoms with Crippen LogP contribution in [0.3, 0.4) is 0 Å². The van der Waals surface area contributed by atoms with Crippen molar-refractivity contribution in [3.05, 3.63) is 0 Å². The van der Waals surface area contributed by atoms with Gasteiger partial charge in [-0.1, -0.05) is 142 Å². The monoisotopic (exact) mass is 579 g/mol. The molecule has 2 heterocycles. The van der Waals surface area contributed by atoms with E-state index in [-0.39, 0.29) is 0 Å². The van der Waals surface area contributed by atoms with E-state index in [4.69, 9.17) is 14.2 Å². The van der Waals surface area contributed by atoms with E-state index in [0.717, 1.165) is 0 Å². The van der Waals surface area contributed by atoms with Crippen molar-refractivity contribution in [1.82, 2.24) is 0 Å². The maximum Gasteiger partial charge on any atom is 0.0604 e. The summed E-state index contributed by atoms with van der Waals surface area (Å²) in [5.74, 6) is 0. The molecule has 0 aromatic carbocycles. The molecule has 244 valence electrons. The highest BCUT2D eigenvalue weighted by atomic mass is 16.5. The summed E-state index contributed by atoms with van der Waals surface area (Å²) in [5, 5.41) is 0. The number of hydrogen-bond acceptors (Lipinski definition) is 3. The molecule has 2 rings (SSSR count). The van der Waals surface area contributed by atoms with Crippen molar-refractivity contribution in [3.8, 4) is 0 Å². The van der Waals surface area contributed by atoms with E-state index in [2.05, 4.69) is 27.7 Å². The molecule has 2 saturated heterocycles. The van der Waals surface area contributed by atoms with Crippen LogP contribution in [0.2, 0.25) is 0 Å². The molecule has 0 bridgehead atoms. The molecule has 0 N–H and O–H groups in total. The Morgan fingerprint density at radius 1 is 0.463 bits per heavy atom. The summed E-state index contributed by atoms with van der Waals surface area (Å²) in [6.45, 7) is 9.03. The predicted molar refractivity (Wildman–Crippen MR) is 178 cm³/mol. The lowest BCUT2D eigenvalue weighted by molar-refractivity contribution is -0.130. The smallest absolute Gasteiger partial charge is 0.0604 e. The highest BCUT2D eigenvalue weighted by molar-refractivity contribution is 4.78. The molecule has 2 aliphatic rings. The molecule has 2 aliphatic heterocycles. The normalized spacial score (nSPS) is 23.7. The zero-order chi connectivity index (χ0) is 29.4. The molecule has 6 atom stereocenters. The molecule has 0 aliphatic carbocycles. The fourth-order valence-electron chi connectivity index (χ4n) is 7.04. The summed E-state index contributed by atoms with van der Waals surface area (Å²) in [7, 11) is 0. The van der Waals surface area contributed by atoms with Crippen LogP contribution >= 0.6 is 0 Å². The Labute approximate surface area is 258 Å². The Kier molecular flexibility index (Phi) is 22.8. The highest BCUT2D eigenvalue weighted by Gasteiger charge is 2.29. The number of unbranched alkanes of at least 4 members (excludes halogenated alkanes) is 18. The van der Waals surface area contributed by atoms with Gasteiger partial charge < -0.3 is 14.2 Å². The molecule has 0 saturated carbocycles. The van der Waals surface area contributed by atoms with Gasteiger partial charge in [-0.05, 0) is 65.2 Å². The number of hydrogen-bond donors (Lipinski definition) is 0. The molecular formula is C38H74O3. The molecule has 0 spiro atoms. The fraction of sp³-hybridized carbons (Fsp3) is 1.00. The van der Waals surface area contributed by atoms with Crippen molar-refractivity contribution in [2.45, 2.75) is 244 Å². The predicted octanol–water partition coefficient (Wildman–Crippen LogP) is 12.3. The second kappa shape index (κ2) is 25.2. The topological polar surface area (TPSA) is 27.7 Å². The first-order chi connectivity index (χ1) is 20.1. The van der Waals surface area contributed by atoms with Gasteiger partial charge in [0.05, 0.1) is 36.6 Å². The molecule has 2 fully saturated rings. The molecule has 0 aromatic heterocycles. The molecule has 3 nitrogen and oxygen atoms in total. The van der Waals surface area contributed by atoms with E-state index in [1.54, 1.807) is 0 Å². The van der Waals surface area contributed by atoms with Gasteiger partial charge in [-0.25, -0.2) is 0 Å². The van der Waals surface area contributed by atoms with Gasteiger partial charge in [-0.15, -0.1) is 0 Å². The van der Waals surface area contributed by atoms with Gasteiger partial charge in [0.1, 0.15) is 0 Å². The van der Waals surface area contributed by atoms with E-state index in [9.17, 15) is 0 Å². The quantitative estimate of drug-likeness (QED) is 0.0793. The van der Waals surface area contributed by atoms with Crippen LogP contribution in [0.5, 0.6) is 0 Å². The van der Waals surface area contributed by atoms with Crippen LogP contribution in [0.4, 0.5) is 0 Å². The van der Waals surface area contributed by atoms with Crippen molar-refractivity contribution in [2.24, 2.45) is 0 Å². The zero-order valence-corrected chi connectivity index (χ0v) is 28.5. The lowest BCUT2D eigenvalue weighted by Crippen LogP contribution is -2.37. The Morgan fingerprint density at radius 3 is 1.05 bits per heavy atom. The number of ether oxygens (including phenoxy) is 3. The van der Waals surface area contributed by atoms with Crippen molar-refractivity contribution in [2.75, 3.05) is 0 Å². The van der Waals surface area contributed by atoms with Gasteiger partial charge in [0.2, 0.25) is 0 Å². The average Bonchev–Trinajstić information content (AvgIpc) is 2.93. The summed E-state index contributed by atoms with van der Waals surface area (Å²) in [4.78, 5) is 0. The standard InChI is InChI=1S/C38H74O3/c1-5-7-9-11-13-15-17-19-21-23-25-35(27-29-37-31-33(3)39-37)41-36(28-30-38-32-34(4)40-38)26-24-22-20-18-16-14-12-10-8-6-2/h33-38H,5-32H2,1-4H3. The lowest BCUT2D eigenvalue weighted by atomic mass is 9.95. The maximum absolute atomic E-state index is 7.00. The summed E-state index contributed by atoms with van der Waals surface area (Å²) in [6, 6.07) is 0. The van der Waals surface area contributed by atoms with Crippen LogP contribution in [0.25, 0.3) is 0 Å². The van der Waals surface area contributed by atoms with Crippen LogP contribution in [0.15, 0.2) is 0 Å². The van der Waals surface area contributed by atoms with Crippen molar-refractivity contribution >= 4 is 0 Å². The van der Waals surface area contributed by atoms with E-state index in [0.29, 0.717) is 36.6 Å². The first kappa shape index (κ1) is 37.1. The Morgan fingerprint density at radius 2 is 0.756 bits per heavy atom. The summed E-state index contributed by atoms with van der Waals surface area (Å²) >= 11 is 0. The lowest BCUT2D eigenvalue weighted by Gasteiger charge is -2.36. The summed E-state index contributed by atoms with van der Waals surface area (Å²) in [6.07, 6.45) is 40.5. The average molecular weight is 579 g/mol. The van der Waals surface area contributed by atoms with E-state index in [1.165, 1.54) is 180 Å².